The fourth-order valence-electron chi connectivity index (χ4n) is 1.92. The zero-order valence-corrected chi connectivity index (χ0v) is 12.2. The van der Waals surface area contributed by atoms with Gasteiger partial charge in [-0.2, -0.15) is 5.10 Å². The summed E-state index contributed by atoms with van der Waals surface area (Å²) in [6.07, 6.45) is 4.84. The lowest BCUT2D eigenvalue weighted by atomic mass is 10.3. The van der Waals surface area contributed by atoms with Gasteiger partial charge in [-0.05, 0) is 0 Å². The van der Waals surface area contributed by atoms with Crippen LogP contribution < -0.4 is 11.2 Å². The lowest BCUT2D eigenvalue weighted by molar-refractivity contribution is -0.131. The highest BCUT2D eigenvalue weighted by Crippen LogP contribution is 2.01. The highest BCUT2D eigenvalue weighted by Gasteiger charge is 2.12. The van der Waals surface area contributed by atoms with Gasteiger partial charge >= 0.3 is 5.69 Å². The fraction of sp³-hybridized carbons (Fsp3) is 0.385. The Morgan fingerprint density at radius 1 is 1.33 bits per heavy atom. The number of hydrogen-bond donors (Lipinski definition) is 0. The van der Waals surface area contributed by atoms with Gasteiger partial charge in [0.15, 0.2) is 0 Å². The molecule has 112 valence electrons. The molecule has 2 heterocycles. The molecule has 2 aromatic rings. The number of hydrogen-bond acceptors (Lipinski definition) is 4. The zero-order valence-electron chi connectivity index (χ0n) is 12.2. The van der Waals surface area contributed by atoms with E-state index in [1.807, 2.05) is 6.20 Å². The number of aromatic nitrogens is 4. The predicted octanol–water partition coefficient (Wildman–Crippen LogP) is -1.06. The van der Waals surface area contributed by atoms with E-state index in [4.69, 9.17) is 0 Å². The van der Waals surface area contributed by atoms with Crippen LogP contribution in [0.3, 0.4) is 0 Å². The minimum absolute atomic E-state index is 0.107. The Morgan fingerprint density at radius 3 is 2.67 bits per heavy atom. The summed E-state index contributed by atoms with van der Waals surface area (Å²) in [5.74, 6) is -0.223. The topological polar surface area (TPSA) is 82.1 Å². The fourth-order valence-corrected chi connectivity index (χ4v) is 1.92. The maximum absolute atomic E-state index is 12.1. The molecule has 8 heteroatoms. The lowest BCUT2D eigenvalue weighted by Crippen LogP contribution is -2.40. The van der Waals surface area contributed by atoms with E-state index >= 15 is 0 Å². The molecule has 0 aliphatic heterocycles. The summed E-state index contributed by atoms with van der Waals surface area (Å²) in [7, 11) is 4.84. The van der Waals surface area contributed by atoms with E-state index in [9.17, 15) is 14.4 Å². The Labute approximate surface area is 120 Å². The van der Waals surface area contributed by atoms with Crippen molar-refractivity contribution in [3.63, 3.8) is 0 Å². The van der Waals surface area contributed by atoms with Gasteiger partial charge in [-0.1, -0.05) is 0 Å². The average Bonchev–Trinajstić information content (AvgIpc) is 2.84. The normalized spacial score (nSPS) is 10.6. The molecule has 0 bridgehead atoms. The second-order valence-electron chi connectivity index (χ2n) is 4.90. The van der Waals surface area contributed by atoms with Crippen molar-refractivity contribution in [1.29, 1.82) is 0 Å². The van der Waals surface area contributed by atoms with Gasteiger partial charge in [0, 0.05) is 51.7 Å². The minimum Gasteiger partial charge on any atom is -0.340 e. The number of carbonyl (C=O) groups excluding carboxylic acids is 1. The number of nitrogens with zero attached hydrogens (tertiary/aromatic N) is 5. The second-order valence-corrected chi connectivity index (χ2v) is 4.90. The van der Waals surface area contributed by atoms with E-state index in [0.717, 1.165) is 10.1 Å². The zero-order chi connectivity index (χ0) is 15.6. The molecule has 0 aliphatic rings. The van der Waals surface area contributed by atoms with Crippen molar-refractivity contribution in [2.24, 2.45) is 14.1 Å². The maximum atomic E-state index is 12.1. The van der Waals surface area contributed by atoms with Gasteiger partial charge in [0.1, 0.15) is 6.54 Å². The quantitative estimate of drug-likeness (QED) is 0.719. The number of aryl methyl sites for hydroxylation is 1. The minimum atomic E-state index is -0.509. The van der Waals surface area contributed by atoms with Crippen LogP contribution in [-0.4, -0.2) is 36.8 Å². The molecular formula is C13H17N5O3. The molecule has 0 unspecified atom stereocenters. The molecule has 8 nitrogen and oxygen atoms in total. The first-order valence-corrected chi connectivity index (χ1v) is 6.36. The van der Waals surface area contributed by atoms with Crippen LogP contribution in [0, 0.1) is 0 Å². The number of rotatable bonds is 4. The summed E-state index contributed by atoms with van der Waals surface area (Å²) < 4.78 is 3.84. The van der Waals surface area contributed by atoms with Crippen LogP contribution in [-0.2, 0) is 32.0 Å². The van der Waals surface area contributed by atoms with Gasteiger partial charge in [0.2, 0.25) is 5.91 Å². The first-order valence-electron chi connectivity index (χ1n) is 6.36. The molecule has 0 fully saturated rings. The molecule has 0 radical (unpaired) electrons. The van der Waals surface area contributed by atoms with Crippen LogP contribution in [0.5, 0.6) is 0 Å². The van der Waals surface area contributed by atoms with E-state index in [0.29, 0.717) is 6.54 Å². The summed E-state index contributed by atoms with van der Waals surface area (Å²) in [4.78, 5) is 36.8. The van der Waals surface area contributed by atoms with Crippen LogP contribution in [0.15, 0.2) is 34.2 Å². The summed E-state index contributed by atoms with van der Waals surface area (Å²) >= 11 is 0. The Bertz CT molecular complexity index is 771. The molecule has 2 rings (SSSR count). The maximum Gasteiger partial charge on any atom is 0.331 e. The second kappa shape index (κ2) is 5.78. The van der Waals surface area contributed by atoms with Gasteiger partial charge in [-0.25, -0.2) is 4.79 Å². The smallest absolute Gasteiger partial charge is 0.331 e. The van der Waals surface area contributed by atoms with Gasteiger partial charge in [-0.15, -0.1) is 0 Å². The summed E-state index contributed by atoms with van der Waals surface area (Å²) in [5.41, 5.74) is -0.000741. The molecule has 0 N–H and O–H groups in total. The Morgan fingerprint density at radius 2 is 2.05 bits per heavy atom. The van der Waals surface area contributed by atoms with Crippen molar-refractivity contribution in [1.82, 2.24) is 23.8 Å². The van der Waals surface area contributed by atoms with Crippen LogP contribution in [0.1, 0.15) is 5.56 Å². The predicted molar refractivity (Wildman–Crippen MR) is 75.6 cm³/mol. The third-order valence-corrected chi connectivity index (χ3v) is 3.17. The van der Waals surface area contributed by atoms with Crippen molar-refractivity contribution in [3.05, 3.63) is 51.1 Å². The SMILES string of the molecule is CN(Cc1cnn(C)c1)C(=O)Cn1ccc(=O)n(C)c1=O. The molecule has 2 aromatic heterocycles. The highest BCUT2D eigenvalue weighted by atomic mass is 16.2. The molecule has 21 heavy (non-hydrogen) atoms. The standard InChI is InChI=1S/C13H17N5O3/c1-15(7-10-6-14-16(2)8-10)12(20)9-18-5-4-11(19)17(3)13(18)21/h4-6,8H,7,9H2,1-3H3. The van der Waals surface area contributed by atoms with E-state index < -0.39 is 11.2 Å². The van der Waals surface area contributed by atoms with Gasteiger partial charge in [0.05, 0.1) is 6.20 Å². The third-order valence-electron chi connectivity index (χ3n) is 3.17. The van der Waals surface area contributed by atoms with Crippen LogP contribution in [0.25, 0.3) is 0 Å². The Balaban J connectivity index is 2.09. The van der Waals surface area contributed by atoms with Crippen molar-refractivity contribution in [2.75, 3.05) is 7.05 Å². The molecule has 0 saturated carbocycles. The van der Waals surface area contributed by atoms with Gasteiger partial charge in [0.25, 0.3) is 5.56 Å². The molecule has 0 aliphatic carbocycles. The first-order chi connectivity index (χ1) is 9.88. The number of amides is 1. The average molecular weight is 291 g/mol. The molecule has 0 saturated heterocycles. The van der Waals surface area contributed by atoms with E-state index in [1.165, 1.54) is 28.8 Å². The molecule has 0 aromatic carbocycles. The first kappa shape index (κ1) is 14.8. The van der Waals surface area contributed by atoms with Crippen LogP contribution >= 0.6 is 0 Å². The number of carbonyl (C=O) groups is 1. The highest BCUT2D eigenvalue weighted by molar-refractivity contribution is 5.75. The lowest BCUT2D eigenvalue weighted by Gasteiger charge is -2.17. The monoisotopic (exact) mass is 291 g/mol. The molecule has 1 amide bonds. The van der Waals surface area contributed by atoms with Crippen LogP contribution in [0.4, 0.5) is 0 Å². The van der Waals surface area contributed by atoms with Gasteiger partial charge in [-0.3, -0.25) is 23.4 Å². The van der Waals surface area contributed by atoms with Crippen molar-refractivity contribution < 1.29 is 4.79 Å². The Hall–Kier alpha value is -2.64. The van der Waals surface area contributed by atoms with Crippen LogP contribution in [0.2, 0.25) is 0 Å². The summed E-state index contributed by atoms with van der Waals surface area (Å²) in [6, 6.07) is 1.26. The third kappa shape index (κ3) is 3.28. The largest absolute Gasteiger partial charge is 0.340 e. The summed E-state index contributed by atoms with van der Waals surface area (Å²) in [6.45, 7) is 0.302. The van der Waals surface area contributed by atoms with Crippen molar-refractivity contribution >= 4 is 5.91 Å². The molecular weight excluding hydrogens is 274 g/mol. The molecule has 0 atom stereocenters. The Kier molecular flexibility index (Phi) is 4.06. The van der Waals surface area contributed by atoms with E-state index in [2.05, 4.69) is 5.10 Å². The van der Waals surface area contributed by atoms with E-state index in [1.54, 1.807) is 25.0 Å². The van der Waals surface area contributed by atoms with Gasteiger partial charge < -0.3 is 4.90 Å². The van der Waals surface area contributed by atoms with E-state index in [-0.39, 0.29) is 12.5 Å². The van der Waals surface area contributed by atoms with Crippen molar-refractivity contribution in [2.45, 2.75) is 13.1 Å². The molecule has 0 spiro atoms. The summed E-state index contributed by atoms with van der Waals surface area (Å²) in [5, 5.41) is 4.03. The van der Waals surface area contributed by atoms with Crippen molar-refractivity contribution in [3.8, 4) is 0 Å². The number of likely N-dealkylation sites (N-methyl/N-ethyl adjacent to an activating group) is 1.